The van der Waals surface area contributed by atoms with Crippen molar-refractivity contribution in [2.45, 2.75) is 30.4 Å². The molecular formula is C22H22N2O3S2. The van der Waals surface area contributed by atoms with Crippen molar-refractivity contribution < 1.29 is 14.3 Å². The highest BCUT2D eigenvalue weighted by atomic mass is 32.2. The van der Waals surface area contributed by atoms with Crippen LogP contribution in [0.4, 0.5) is 5.69 Å². The molecule has 0 bridgehead atoms. The van der Waals surface area contributed by atoms with Gasteiger partial charge in [0.05, 0.1) is 24.8 Å². The molecule has 3 aromatic rings. The first kappa shape index (κ1) is 21.1. The van der Waals surface area contributed by atoms with E-state index in [1.54, 1.807) is 47.4 Å². The van der Waals surface area contributed by atoms with Gasteiger partial charge in [-0.25, -0.2) is 9.78 Å². The van der Waals surface area contributed by atoms with Crippen LogP contribution in [0.5, 0.6) is 0 Å². The van der Waals surface area contributed by atoms with Crippen molar-refractivity contribution in [3.63, 3.8) is 0 Å². The molecule has 1 amide bonds. The Morgan fingerprint density at radius 2 is 1.90 bits per heavy atom. The highest BCUT2D eigenvalue weighted by molar-refractivity contribution is 8.00. The lowest BCUT2D eigenvalue weighted by atomic mass is 10.1. The van der Waals surface area contributed by atoms with E-state index in [1.165, 1.54) is 23.8 Å². The van der Waals surface area contributed by atoms with Crippen LogP contribution in [0.25, 0.3) is 0 Å². The standard InChI is InChI=1S/C22H22N2O3S2/c1-14-4-5-15(2)17(10-14)12-28-22-24-19(13-29-22)11-20(25)23-18-8-6-16(7-9-18)21(26)27-3/h4-10,13H,11-12H2,1-3H3,(H,23,25). The molecule has 3 rings (SSSR count). The fourth-order valence-corrected chi connectivity index (χ4v) is 4.62. The molecule has 0 radical (unpaired) electrons. The molecule has 0 atom stereocenters. The number of methoxy groups -OCH3 is 1. The Hall–Kier alpha value is -2.64. The molecule has 0 fully saturated rings. The molecule has 2 aromatic carbocycles. The fraction of sp³-hybridized carbons (Fsp3) is 0.227. The monoisotopic (exact) mass is 426 g/mol. The number of thiazole rings is 1. The molecule has 5 nitrogen and oxygen atoms in total. The van der Waals surface area contributed by atoms with Crippen LogP contribution < -0.4 is 5.32 Å². The third-order valence-corrected chi connectivity index (χ3v) is 6.44. The second-order valence-corrected chi connectivity index (χ2v) is 8.70. The molecule has 0 aliphatic rings. The van der Waals surface area contributed by atoms with Crippen LogP contribution in [0.15, 0.2) is 52.2 Å². The number of anilines is 1. The van der Waals surface area contributed by atoms with Gasteiger partial charge in [-0.1, -0.05) is 35.5 Å². The van der Waals surface area contributed by atoms with Gasteiger partial charge in [0.1, 0.15) is 4.34 Å². The van der Waals surface area contributed by atoms with Crippen molar-refractivity contribution in [1.82, 2.24) is 4.98 Å². The van der Waals surface area contributed by atoms with E-state index in [1.807, 2.05) is 5.38 Å². The number of hydrogen-bond donors (Lipinski definition) is 1. The summed E-state index contributed by atoms with van der Waals surface area (Å²) in [5.41, 5.74) is 5.65. The van der Waals surface area contributed by atoms with Gasteiger partial charge >= 0.3 is 5.97 Å². The number of hydrogen-bond acceptors (Lipinski definition) is 6. The molecule has 0 aliphatic heterocycles. The molecule has 0 aliphatic carbocycles. The molecule has 29 heavy (non-hydrogen) atoms. The molecule has 0 saturated heterocycles. The number of rotatable bonds is 7. The average molecular weight is 427 g/mol. The molecule has 1 N–H and O–H groups in total. The number of aromatic nitrogens is 1. The van der Waals surface area contributed by atoms with Crippen molar-refractivity contribution in [2.75, 3.05) is 12.4 Å². The minimum atomic E-state index is -0.406. The lowest BCUT2D eigenvalue weighted by molar-refractivity contribution is -0.115. The number of nitrogens with zero attached hydrogens (tertiary/aromatic N) is 1. The van der Waals surface area contributed by atoms with E-state index < -0.39 is 5.97 Å². The van der Waals surface area contributed by atoms with Crippen molar-refractivity contribution >= 4 is 40.7 Å². The Kier molecular flexibility index (Phi) is 7.06. The number of aryl methyl sites for hydroxylation is 2. The second kappa shape index (κ2) is 9.71. The molecule has 0 spiro atoms. The summed E-state index contributed by atoms with van der Waals surface area (Å²) in [4.78, 5) is 28.3. The first-order valence-electron chi connectivity index (χ1n) is 9.06. The van der Waals surface area contributed by atoms with Crippen molar-refractivity contribution in [2.24, 2.45) is 0 Å². The number of nitrogens with one attached hydrogen (secondary N) is 1. The number of carbonyl (C=O) groups is 2. The minimum Gasteiger partial charge on any atom is -0.465 e. The highest BCUT2D eigenvalue weighted by Crippen LogP contribution is 2.28. The van der Waals surface area contributed by atoms with Gasteiger partial charge in [-0.2, -0.15) is 0 Å². The number of esters is 1. The van der Waals surface area contributed by atoms with Gasteiger partial charge in [-0.15, -0.1) is 11.3 Å². The fourth-order valence-electron chi connectivity index (χ4n) is 2.71. The largest absolute Gasteiger partial charge is 0.465 e. The van der Waals surface area contributed by atoms with E-state index in [2.05, 4.69) is 47.1 Å². The van der Waals surface area contributed by atoms with Gasteiger partial charge in [0.25, 0.3) is 0 Å². The zero-order valence-electron chi connectivity index (χ0n) is 16.5. The number of amides is 1. The van der Waals surface area contributed by atoms with Crippen LogP contribution in [-0.2, 0) is 21.7 Å². The molecule has 1 heterocycles. The summed E-state index contributed by atoms with van der Waals surface area (Å²) in [6.07, 6.45) is 0.208. The maximum absolute atomic E-state index is 12.3. The minimum absolute atomic E-state index is 0.146. The quantitative estimate of drug-likeness (QED) is 0.424. The van der Waals surface area contributed by atoms with E-state index in [4.69, 9.17) is 0 Å². The van der Waals surface area contributed by atoms with Crippen LogP contribution in [-0.4, -0.2) is 24.0 Å². The zero-order chi connectivity index (χ0) is 20.8. The number of thioether (sulfide) groups is 1. The predicted octanol–water partition coefficient (Wildman–Crippen LogP) is 5.02. The number of ether oxygens (including phenoxy) is 1. The van der Waals surface area contributed by atoms with Crippen LogP contribution in [0.3, 0.4) is 0 Å². The Morgan fingerprint density at radius 3 is 2.62 bits per heavy atom. The lowest BCUT2D eigenvalue weighted by Gasteiger charge is -2.06. The van der Waals surface area contributed by atoms with Gasteiger partial charge in [-0.3, -0.25) is 4.79 Å². The van der Waals surface area contributed by atoms with Crippen LogP contribution in [0.2, 0.25) is 0 Å². The van der Waals surface area contributed by atoms with Gasteiger partial charge in [-0.05, 0) is 49.2 Å². The molecular weight excluding hydrogens is 404 g/mol. The summed E-state index contributed by atoms with van der Waals surface area (Å²) < 4.78 is 5.62. The predicted molar refractivity (Wildman–Crippen MR) is 118 cm³/mol. The van der Waals surface area contributed by atoms with Gasteiger partial charge in [0.15, 0.2) is 0 Å². The molecule has 0 saturated carbocycles. The lowest BCUT2D eigenvalue weighted by Crippen LogP contribution is -2.14. The number of benzene rings is 2. The van der Waals surface area contributed by atoms with Crippen molar-refractivity contribution in [3.05, 3.63) is 75.8 Å². The Bertz CT molecular complexity index is 1010. The smallest absolute Gasteiger partial charge is 0.337 e. The maximum atomic E-state index is 12.3. The Labute approximate surface area is 178 Å². The van der Waals surface area contributed by atoms with Crippen LogP contribution in [0, 0.1) is 13.8 Å². The normalized spacial score (nSPS) is 10.6. The summed E-state index contributed by atoms with van der Waals surface area (Å²) in [6, 6.07) is 13.1. The highest BCUT2D eigenvalue weighted by Gasteiger charge is 2.10. The molecule has 1 aromatic heterocycles. The summed E-state index contributed by atoms with van der Waals surface area (Å²) in [5, 5.41) is 4.74. The second-order valence-electron chi connectivity index (χ2n) is 6.62. The summed E-state index contributed by atoms with van der Waals surface area (Å²) in [7, 11) is 1.33. The first-order valence-corrected chi connectivity index (χ1v) is 10.9. The van der Waals surface area contributed by atoms with Gasteiger partial charge in [0.2, 0.25) is 5.91 Å². The van der Waals surface area contributed by atoms with E-state index in [-0.39, 0.29) is 12.3 Å². The van der Waals surface area contributed by atoms with Crippen molar-refractivity contribution in [1.29, 1.82) is 0 Å². The third-order valence-electron chi connectivity index (χ3n) is 4.32. The van der Waals surface area contributed by atoms with Crippen molar-refractivity contribution in [3.8, 4) is 0 Å². The van der Waals surface area contributed by atoms with Gasteiger partial charge < -0.3 is 10.1 Å². The Balaban J connectivity index is 1.53. The van der Waals surface area contributed by atoms with E-state index in [0.29, 0.717) is 11.3 Å². The Morgan fingerprint density at radius 1 is 1.14 bits per heavy atom. The van der Waals surface area contributed by atoms with Crippen LogP contribution in [0.1, 0.15) is 32.7 Å². The third kappa shape index (κ3) is 5.92. The number of carbonyl (C=O) groups excluding carboxylic acids is 2. The summed E-state index contributed by atoms with van der Waals surface area (Å²) in [5.74, 6) is 0.308. The summed E-state index contributed by atoms with van der Waals surface area (Å²) in [6.45, 7) is 4.21. The molecule has 0 unspecified atom stereocenters. The molecule has 7 heteroatoms. The van der Waals surface area contributed by atoms with E-state index >= 15 is 0 Å². The van der Waals surface area contributed by atoms with Gasteiger partial charge in [0, 0.05) is 16.8 Å². The maximum Gasteiger partial charge on any atom is 0.337 e. The van der Waals surface area contributed by atoms with Crippen LogP contribution >= 0.6 is 23.1 Å². The SMILES string of the molecule is COC(=O)c1ccc(NC(=O)Cc2csc(SCc3cc(C)ccc3C)n2)cc1. The average Bonchev–Trinajstić information content (AvgIpc) is 3.15. The van der Waals surface area contributed by atoms with E-state index in [9.17, 15) is 9.59 Å². The first-order chi connectivity index (χ1) is 13.9. The summed E-state index contributed by atoms with van der Waals surface area (Å²) >= 11 is 3.24. The topological polar surface area (TPSA) is 68.3 Å². The molecule has 150 valence electrons. The van der Waals surface area contributed by atoms with E-state index in [0.717, 1.165) is 15.8 Å². The zero-order valence-corrected chi connectivity index (χ0v) is 18.2.